The molecule has 0 bridgehead atoms. The average molecular weight is 301 g/mol. The summed E-state index contributed by atoms with van der Waals surface area (Å²) in [7, 11) is 0. The maximum Gasteiger partial charge on any atom is 0.160 e. The summed E-state index contributed by atoms with van der Waals surface area (Å²) < 4.78 is 1.18. The number of aldehydes is 1. The van der Waals surface area contributed by atoms with Gasteiger partial charge in [0.05, 0.1) is 8.66 Å². The third-order valence-corrected chi connectivity index (χ3v) is 5.81. The topological polar surface area (TPSA) is 17.1 Å². The first-order valence-electron chi connectivity index (χ1n) is 4.44. The fourth-order valence-electron chi connectivity index (χ4n) is 1.33. The van der Waals surface area contributed by atoms with E-state index in [-0.39, 0.29) is 0 Å². The fourth-order valence-corrected chi connectivity index (χ4v) is 4.15. The molecular formula is C11H9BrOS2. The lowest BCUT2D eigenvalue weighted by Crippen LogP contribution is -1.73. The largest absolute Gasteiger partial charge is 0.297 e. The maximum absolute atomic E-state index is 10.6. The van der Waals surface area contributed by atoms with Crippen LogP contribution in [-0.4, -0.2) is 6.29 Å². The highest BCUT2D eigenvalue weighted by Gasteiger charge is 2.12. The van der Waals surface area contributed by atoms with Crippen molar-refractivity contribution in [2.45, 2.75) is 13.8 Å². The van der Waals surface area contributed by atoms with Gasteiger partial charge in [-0.1, -0.05) is 0 Å². The van der Waals surface area contributed by atoms with Gasteiger partial charge in [-0.2, -0.15) is 0 Å². The molecule has 0 spiro atoms. The van der Waals surface area contributed by atoms with E-state index >= 15 is 0 Å². The first kappa shape index (κ1) is 11.0. The maximum atomic E-state index is 10.6. The van der Waals surface area contributed by atoms with Gasteiger partial charge >= 0.3 is 0 Å². The Morgan fingerprint density at radius 3 is 2.40 bits per heavy atom. The van der Waals surface area contributed by atoms with Gasteiger partial charge in [-0.05, 0) is 53.0 Å². The predicted molar refractivity (Wildman–Crippen MR) is 70.2 cm³/mol. The molecule has 0 radical (unpaired) electrons. The number of thiophene rings is 2. The molecule has 1 nitrogen and oxygen atoms in total. The molecule has 0 atom stereocenters. The highest BCUT2D eigenvalue weighted by molar-refractivity contribution is 9.11. The second-order valence-corrected chi connectivity index (χ2v) is 6.73. The van der Waals surface area contributed by atoms with E-state index < -0.39 is 0 Å². The minimum Gasteiger partial charge on any atom is -0.297 e. The van der Waals surface area contributed by atoms with Crippen molar-refractivity contribution in [2.75, 3.05) is 0 Å². The van der Waals surface area contributed by atoms with Crippen molar-refractivity contribution in [1.82, 2.24) is 0 Å². The summed E-state index contributed by atoms with van der Waals surface area (Å²) in [5.74, 6) is 0. The van der Waals surface area contributed by atoms with Crippen LogP contribution in [0, 0.1) is 13.8 Å². The molecule has 0 aromatic carbocycles. The highest BCUT2D eigenvalue weighted by Crippen LogP contribution is 2.41. The molecule has 78 valence electrons. The van der Waals surface area contributed by atoms with Crippen molar-refractivity contribution in [3.63, 3.8) is 0 Å². The van der Waals surface area contributed by atoms with Crippen molar-refractivity contribution >= 4 is 44.9 Å². The van der Waals surface area contributed by atoms with Crippen LogP contribution in [0.2, 0.25) is 0 Å². The van der Waals surface area contributed by atoms with Crippen molar-refractivity contribution < 1.29 is 4.79 Å². The van der Waals surface area contributed by atoms with Crippen molar-refractivity contribution in [3.8, 4) is 9.75 Å². The van der Waals surface area contributed by atoms with Gasteiger partial charge in [-0.3, -0.25) is 4.79 Å². The smallest absolute Gasteiger partial charge is 0.160 e. The molecule has 0 fully saturated rings. The molecule has 15 heavy (non-hydrogen) atoms. The monoisotopic (exact) mass is 300 g/mol. The summed E-state index contributed by atoms with van der Waals surface area (Å²) in [6.07, 6.45) is 0.902. The number of carbonyl (C=O) groups is 1. The van der Waals surface area contributed by atoms with Crippen LogP contribution in [0.15, 0.2) is 15.9 Å². The lowest BCUT2D eigenvalue weighted by atomic mass is 10.2. The van der Waals surface area contributed by atoms with Gasteiger partial charge in [0, 0.05) is 9.75 Å². The van der Waals surface area contributed by atoms with Crippen molar-refractivity contribution in [3.05, 3.63) is 31.9 Å². The lowest BCUT2D eigenvalue weighted by molar-refractivity contribution is 0.112. The zero-order valence-electron chi connectivity index (χ0n) is 8.33. The van der Waals surface area contributed by atoms with Gasteiger partial charge in [-0.15, -0.1) is 22.7 Å². The minimum absolute atomic E-state index is 0.784. The summed E-state index contributed by atoms with van der Waals surface area (Å²) in [6, 6.07) is 3.88. The van der Waals surface area contributed by atoms with Crippen LogP contribution in [0.4, 0.5) is 0 Å². The predicted octanol–water partition coefficient (Wildman–Crippen LogP) is 4.67. The van der Waals surface area contributed by atoms with E-state index in [0.717, 1.165) is 11.2 Å². The third kappa shape index (κ3) is 1.94. The first-order chi connectivity index (χ1) is 7.13. The van der Waals surface area contributed by atoms with Gasteiger partial charge in [0.15, 0.2) is 6.29 Å². The van der Waals surface area contributed by atoms with Gasteiger partial charge in [0.2, 0.25) is 0 Å². The SMILES string of the molecule is Cc1c(Br)sc(-c2ccc(C=O)s2)c1C. The van der Waals surface area contributed by atoms with Gasteiger partial charge in [0.1, 0.15) is 0 Å². The normalized spacial score (nSPS) is 10.6. The lowest BCUT2D eigenvalue weighted by Gasteiger charge is -1.94. The number of hydrogen-bond donors (Lipinski definition) is 0. The Morgan fingerprint density at radius 1 is 1.20 bits per heavy atom. The molecule has 2 aromatic rings. The molecule has 0 aliphatic rings. The summed E-state index contributed by atoms with van der Waals surface area (Å²) in [5, 5.41) is 0. The molecule has 0 aliphatic carbocycles. The van der Waals surface area contributed by atoms with E-state index in [4.69, 9.17) is 0 Å². The van der Waals surface area contributed by atoms with Gasteiger partial charge < -0.3 is 0 Å². The number of hydrogen-bond acceptors (Lipinski definition) is 3. The van der Waals surface area contributed by atoms with E-state index in [1.165, 1.54) is 24.7 Å². The van der Waals surface area contributed by atoms with E-state index in [2.05, 4.69) is 29.8 Å². The molecule has 0 saturated carbocycles. The Morgan fingerprint density at radius 2 is 1.93 bits per heavy atom. The summed E-state index contributed by atoms with van der Waals surface area (Å²) in [4.78, 5) is 13.8. The van der Waals surface area contributed by atoms with Gasteiger partial charge in [0.25, 0.3) is 0 Å². The third-order valence-electron chi connectivity index (χ3n) is 2.36. The van der Waals surface area contributed by atoms with Crippen LogP contribution in [0.25, 0.3) is 9.75 Å². The highest BCUT2D eigenvalue weighted by atomic mass is 79.9. The molecule has 0 amide bonds. The molecule has 0 unspecified atom stereocenters. The van der Waals surface area contributed by atoms with Crippen LogP contribution in [0.5, 0.6) is 0 Å². The molecule has 0 saturated heterocycles. The molecule has 4 heteroatoms. The van der Waals surface area contributed by atoms with Crippen LogP contribution in [0.3, 0.4) is 0 Å². The number of rotatable bonds is 2. The summed E-state index contributed by atoms with van der Waals surface area (Å²) >= 11 is 6.81. The molecule has 0 aliphatic heterocycles. The standard InChI is InChI=1S/C11H9BrOS2/c1-6-7(2)11(12)15-10(6)9-4-3-8(5-13)14-9/h3-5H,1-2H3. The Labute approximate surface area is 105 Å². The molecule has 2 aromatic heterocycles. The van der Waals surface area contributed by atoms with Crippen molar-refractivity contribution in [1.29, 1.82) is 0 Å². The quantitative estimate of drug-likeness (QED) is 0.737. The second kappa shape index (κ2) is 4.20. The zero-order valence-corrected chi connectivity index (χ0v) is 11.6. The zero-order chi connectivity index (χ0) is 11.0. The number of halogens is 1. The van der Waals surface area contributed by atoms with Gasteiger partial charge in [-0.25, -0.2) is 0 Å². The van der Waals surface area contributed by atoms with E-state index in [9.17, 15) is 4.79 Å². The Kier molecular flexibility index (Phi) is 3.09. The Hall–Kier alpha value is -0.450. The van der Waals surface area contributed by atoms with Crippen LogP contribution < -0.4 is 0 Å². The molecule has 0 N–H and O–H groups in total. The van der Waals surface area contributed by atoms with Crippen molar-refractivity contribution in [2.24, 2.45) is 0 Å². The van der Waals surface area contributed by atoms with Crippen LogP contribution in [-0.2, 0) is 0 Å². The average Bonchev–Trinajstić information content (AvgIpc) is 2.79. The fraction of sp³-hybridized carbons (Fsp3) is 0.182. The summed E-state index contributed by atoms with van der Waals surface area (Å²) in [6.45, 7) is 4.22. The summed E-state index contributed by atoms with van der Waals surface area (Å²) in [5.41, 5.74) is 2.59. The van der Waals surface area contributed by atoms with E-state index in [0.29, 0.717) is 0 Å². The van der Waals surface area contributed by atoms with E-state index in [1.54, 1.807) is 22.7 Å². The second-order valence-electron chi connectivity index (χ2n) is 3.27. The number of carbonyl (C=O) groups excluding carboxylic acids is 1. The first-order valence-corrected chi connectivity index (χ1v) is 6.87. The minimum atomic E-state index is 0.784. The molecular weight excluding hydrogens is 292 g/mol. The molecule has 2 heterocycles. The van der Waals surface area contributed by atoms with E-state index in [1.807, 2.05) is 12.1 Å². The molecule has 2 rings (SSSR count). The Balaban J connectivity index is 2.53. The Bertz CT molecular complexity index is 511. The van der Waals surface area contributed by atoms with Crippen LogP contribution in [0.1, 0.15) is 20.8 Å². The van der Waals surface area contributed by atoms with Crippen LogP contribution >= 0.6 is 38.6 Å².